The summed E-state index contributed by atoms with van der Waals surface area (Å²) in [6.07, 6.45) is 4.99. The zero-order chi connectivity index (χ0) is 25.6. The summed E-state index contributed by atoms with van der Waals surface area (Å²) in [5.74, 6) is -0.149. The number of sulfonamides is 1. The average Bonchev–Trinajstić information content (AvgIpc) is 3.32. The Morgan fingerprint density at radius 3 is 2.46 bits per heavy atom. The molecule has 0 radical (unpaired) electrons. The maximum absolute atomic E-state index is 13.6. The standard InChI is InChI=1S/C25H32ClN3O5S/c1-18(25(31)27-21-10-4-5-11-21)28(16-19-8-6-13-23(14-19)34-2)24(30)17-29(35(3,32)33)22-12-7-9-20(26)15-22/h6-9,12-15,18,21H,4-5,10-11,16-17H2,1-3H3,(H,27,31). The molecule has 1 aliphatic rings. The Hall–Kier alpha value is -2.78. The van der Waals surface area contributed by atoms with E-state index in [1.165, 1.54) is 11.0 Å². The number of amides is 2. The number of halogens is 1. The molecule has 1 saturated carbocycles. The molecule has 1 N–H and O–H groups in total. The predicted octanol–water partition coefficient (Wildman–Crippen LogP) is 3.59. The summed E-state index contributed by atoms with van der Waals surface area (Å²) in [5, 5.41) is 3.39. The molecule has 0 saturated heterocycles. The molecule has 1 fully saturated rings. The van der Waals surface area contributed by atoms with Crippen LogP contribution in [0.1, 0.15) is 38.2 Å². The number of carbonyl (C=O) groups excluding carboxylic acids is 2. The van der Waals surface area contributed by atoms with Crippen LogP contribution in [-0.4, -0.2) is 57.1 Å². The van der Waals surface area contributed by atoms with Crippen LogP contribution in [0.4, 0.5) is 5.69 Å². The number of rotatable bonds is 10. The van der Waals surface area contributed by atoms with Crippen molar-refractivity contribution in [1.82, 2.24) is 10.2 Å². The van der Waals surface area contributed by atoms with E-state index in [-0.39, 0.29) is 24.2 Å². The average molecular weight is 522 g/mol. The van der Waals surface area contributed by atoms with Gasteiger partial charge in [-0.1, -0.05) is 42.6 Å². The number of anilines is 1. The van der Waals surface area contributed by atoms with Gasteiger partial charge < -0.3 is 15.0 Å². The van der Waals surface area contributed by atoms with Gasteiger partial charge in [0.2, 0.25) is 21.8 Å². The van der Waals surface area contributed by atoms with E-state index in [0.29, 0.717) is 10.8 Å². The fourth-order valence-corrected chi connectivity index (χ4v) is 5.21. The lowest BCUT2D eigenvalue weighted by Crippen LogP contribution is -2.52. The first kappa shape index (κ1) is 26.8. The summed E-state index contributed by atoms with van der Waals surface area (Å²) < 4.78 is 31.5. The van der Waals surface area contributed by atoms with Gasteiger partial charge >= 0.3 is 0 Å². The Bertz CT molecular complexity index is 1150. The highest BCUT2D eigenvalue weighted by Gasteiger charge is 2.31. The number of nitrogens with zero attached hydrogens (tertiary/aromatic N) is 2. The van der Waals surface area contributed by atoms with E-state index >= 15 is 0 Å². The zero-order valence-electron chi connectivity index (χ0n) is 20.2. The molecule has 1 aliphatic carbocycles. The summed E-state index contributed by atoms with van der Waals surface area (Å²) in [7, 11) is -2.25. The first-order chi connectivity index (χ1) is 16.6. The molecule has 8 nitrogen and oxygen atoms in total. The Balaban J connectivity index is 1.89. The SMILES string of the molecule is COc1cccc(CN(C(=O)CN(c2cccc(Cl)c2)S(C)(=O)=O)C(C)C(=O)NC2CCCC2)c1. The summed E-state index contributed by atoms with van der Waals surface area (Å²) in [5.41, 5.74) is 1.03. The Labute approximate surface area is 212 Å². The molecule has 2 amide bonds. The van der Waals surface area contributed by atoms with Crippen LogP contribution >= 0.6 is 11.6 Å². The highest BCUT2D eigenvalue weighted by Crippen LogP contribution is 2.23. The van der Waals surface area contributed by atoms with Crippen molar-refractivity contribution in [2.24, 2.45) is 0 Å². The predicted molar refractivity (Wildman–Crippen MR) is 137 cm³/mol. The van der Waals surface area contributed by atoms with Gasteiger partial charge in [-0.3, -0.25) is 13.9 Å². The fourth-order valence-electron chi connectivity index (χ4n) is 4.19. The van der Waals surface area contributed by atoms with Crippen molar-refractivity contribution in [3.05, 3.63) is 59.1 Å². The number of nitrogens with one attached hydrogen (secondary N) is 1. The quantitative estimate of drug-likeness (QED) is 0.515. The molecule has 2 aromatic rings. The molecule has 0 bridgehead atoms. The van der Waals surface area contributed by atoms with Crippen LogP contribution in [-0.2, 0) is 26.2 Å². The Kier molecular flexibility index (Phi) is 9.02. The van der Waals surface area contributed by atoms with E-state index in [1.807, 2.05) is 6.07 Å². The number of ether oxygens (including phenoxy) is 1. The minimum absolute atomic E-state index is 0.0951. The smallest absolute Gasteiger partial charge is 0.244 e. The van der Waals surface area contributed by atoms with Crippen molar-refractivity contribution in [2.45, 2.75) is 51.2 Å². The highest BCUT2D eigenvalue weighted by molar-refractivity contribution is 7.92. The number of hydrogen-bond acceptors (Lipinski definition) is 5. The second-order valence-corrected chi connectivity index (χ2v) is 11.1. The molecule has 1 unspecified atom stereocenters. The molecule has 10 heteroatoms. The van der Waals surface area contributed by atoms with Crippen molar-refractivity contribution in [3.8, 4) is 5.75 Å². The molecule has 0 aliphatic heterocycles. The van der Waals surface area contributed by atoms with Crippen LogP contribution in [0.25, 0.3) is 0 Å². The summed E-state index contributed by atoms with van der Waals surface area (Å²) in [6, 6.07) is 12.8. The van der Waals surface area contributed by atoms with Crippen LogP contribution in [0.2, 0.25) is 5.02 Å². The molecular weight excluding hydrogens is 490 g/mol. The van der Waals surface area contributed by atoms with E-state index in [1.54, 1.807) is 50.4 Å². The second-order valence-electron chi connectivity index (χ2n) is 8.79. The van der Waals surface area contributed by atoms with Gasteiger partial charge in [-0.2, -0.15) is 0 Å². The van der Waals surface area contributed by atoms with Crippen LogP contribution in [0, 0.1) is 0 Å². The number of carbonyl (C=O) groups is 2. The van der Waals surface area contributed by atoms with Crippen molar-refractivity contribution in [3.63, 3.8) is 0 Å². The largest absolute Gasteiger partial charge is 0.497 e. The van der Waals surface area contributed by atoms with Gasteiger partial charge in [0, 0.05) is 17.6 Å². The lowest BCUT2D eigenvalue weighted by Gasteiger charge is -2.32. The van der Waals surface area contributed by atoms with Gasteiger partial charge in [-0.05, 0) is 55.7 Å². The second kappa shape index (κ2) is 11.8. The van der Waals surface area contributed by atoms with Crippen LogP contribution in [0.3, 0.4) is 0 Å². The van der Waals surface area contributed by atoms with Gasteiger partial charge in [-0.25, -0.2) is 8.42 Å². The highest BCUT2D eigenvalue weighted by atomic mass is 35.5. The van der Waals surface area contributed by atoms with Gasteiger partial charge in [-0.15, -0.1) is 0 Å². The van der Waals surface area contributed by atoms with Gasteiger partial charge in [0.1, 0.15) is 18.3 Å². The van der Waals surface area contributed by atoms with Gasteiger partial charge in [0.15, 0.2) is 0 Å². The first-order valence-electron chi connectivity index (χ1n) is 11.5. The molecule has 190 valence electrons. The van der Waals surface area contributed by atoms with E-state index in [0.717, 1.165) is 41.8 Å². The van der Waals surface area contributed by atoms with E-state index in [9.17, 15) is 18.0 Å². The monoisotopic (exact) mass is 521 g/mol. The maximum Gasteiger partial charge on any atom is 0.244 e. The minimum Gasteiger partial charge on any atom is -0.497 e. The minimum atomic E-state index is -3.80. The number of hydrogen-bond donors (Lipinski definition) is 1. The Morgan fingerprint density at radius 1 is 1.14 bits per heavy atom. The third kappa shape index (κ3) is 7.35. The van der Waals surface area contributed by atoms with Crippen LogP contribution in [0.15, 0.2) is 48.5 Å². The fraction of sp³-hybridized carbons (Fsp3) is 0.440. The molecule has 3 rings (SSSR count). The third-order valence-corrected chi connectivity index (χ3v) is 7.51. The molecule has 2 aromatic carbocycles. The maximum atomic E-state index is 13.6. The topological polar surface area (TPSA) is 96.0 Å². The lowest BCUT2D eigenvalue weighted by molar-refractivity contribution is -0.139. The molecule has 0 spiro atoms. The van der Waals surface area contributed by atoms with Crippen LogP contribution < -0.4 is 14.4 Å². The zero-order valence-corrected chi connectivity index (χ0v) is 21.8. The normalized spacial score (nSPS) is 14.9. The summed E-state index contributed by atoms with van der Waals surface area (Å²) in [6.45, 7) is 1.30. The third-order valence-electron chi connectivity index (χ3n) is 6.13. The van der Waals surface area contributed by atoms with Crippen molar-refractivity contribution in [1.29, 1.82) is 0 Å². The summed E-state index contributed by atoms with van der Waals surface area (Å²) in [4.78, 5) is 28.1. The van der Waals surface area contributed by atoms with E-state index in [4.69, 9.17) is 16.3 Å². The molecule has 1 atom stereocenters. The number of benzene rings is 2. The molecular formula is C25H32ClN3O5S. The summed E-state index contributed by atoms with van der Waals surface area (Å²) >= 11 is 6.07. The number of methoxy groups -OCH3 is 1. The molecule has 35 heavy (non-hydrogen) atoms. The lowest BCUT2D eigenvalue weighted by atomic mass is 10.1. The van der Waals surface area contributed by atoms with E-state index in [2.05, 4.69) is 5.32 Å². The van der Waals surface area contributed by atoms with Crippen LogP contribution in [0.5, 0.6) is 5.75 Å². The molecule has 0 heterocycles. The van der Waals surface area contributed by atoms with Crippen molar-refractivity contribution < 1.29 is 22.7 Å². The van der Waals surface area contributed by atoms with Gasteiger partial charge in [0.25, 0.3) is 0 Å². The van der Waals surface area contributed by atoms with Crippen molar-refractivity contribution >= 4 is 39.1 Å². The molecule has 0 aromatic heterocycles. The van der Waals surface area contributed by atoms with Gasteiger partial charge in [0.05, 0.1) is 19.1 Å². The van der Waals surface area contributed by atoms with Crippen molar-refractivity contribution in [2.75, 3.05) is 24.2 Å². The Morgan fingerprint density at radius 2 is 1.83 bits per heavy atom. The van der Waals surface area contributed by atoms with E-state index < -0.39 is 28.5 Å². The first-order valence-corrected chi connectivity index (χ1v) is 13.8.